The van der Waals surface area contributed by atoms with E-state index in [1.165, 1.54) is 5.56 Å². The topological polar surface area (TPSA) is 68.0 Å². The molecule has 1 aromatic heterocycles. The van der Waals surface area contributed by atoms with Crippen LogP contribution in [0.2, 0.25) is 5.02 Å². The van der Waals surface area contributed by atoms with Gasteiger partial charge in [0, 0.05) is 24.1 Å². The molecule has 3 rings (SSSR count). The average Bonchev–Trinajstić information content (AvgIpc) is 3.05. The fourth-order valence-electron chi connectivity index (χ4n) is 2.91. The smallest absolute Gasteiger partial charge is 0.227 e. The maximum absolute atomic E-state index is 12.3. The molecule has 3 aromatic rings. The summed E-state index contributed by atoms with van der Waals surface area (Å²) in [5.41, 5.74) is 4.85. The molecule has 0 aliphatic carbocycles. The van der Waals surface area contributed by atoms with Gasteiger partial charge in [-0.05, 0) is 44.0 Å². The number of rotatable bonds is 5. The van der Waals surface area contributed by atoms with Crippen LogP contribution in [-0.2, 0) is 11.2 Å². The van der Waals surface area contributed by atoms with Crippen molar-refractivity contribution in [2.24, 2.45) is 0 Å². The standard InChI is InChI=1S/C20H20ClN3O2/c1-12-10-13(2)19(14(3)11-12)22-17(25)8-9-18-23-20(24-26-18)15-6-4-5-7-16(15)21/h4-7,10-11H,8-9H2,1-3H3,(H,22,25). The van der Waals surface area contributed by atoms with Crippen LogP contribution in [0.5, 0.6) is 0 Å². The molecule has 0 spiro atoms. The van der Waals surface area contributed by atoms with E-state index in [1.807, 2.05) is 39.0 Å². The highest BCUT2D eigenvalue weighted by atomic mass is 35.5. The van der Waals surface area contributed by atoms with E-state index in [-0.39, 0.29) is 12.3 Å². The van der Waals surface area contributed by atoms with Crippen LogP contribution in [0, 0.1) is 20.8 Å². The first-order valence-corrected chi connectivity index (χ1v) is 8.77. The number of hydrogen-bond acceptors (Lipinski definition) is 4. The zero-order valence-electron chi connectivity index (χ0n) is 15.0. The molecular formula is C20H20ClN3O2. The summed E-state index contributed by atoms with van der Waals surface area (Å²) in [4.78, 5) is 16.6. The van der Waals surface area contributed by atoms with Gasteiger partial charge in [0.1, 0.15) is 0 Å². The van der Waals surface area contributed by atoms with Crippen molar-refractivity contribution < 1.29 is 9.32 Å². The van der Waals surface area contributed by atoms with Gasteiger partial charge in [-0.3, -0.25) is 4.79 Å². The lowest BCUT2D eigenvalue weighted by Crippen LogP contribution is -2.14. The van der Waals surface area contributed by atoms with Crippen molar-refractivity contribution in [2.75, 3.05) is 5.32 Å². The van der Waals surface area contributed by atoms with Crippen LogP contribution in [0.25, 0.3) is 11.4 Å². The van der Waals surface area contributed by atoms with Gasteiger partial charge in [-0.1, -0.05) is 46.6 Å². The van der Waals surface area contributed by atoms with Crippen LogP contribution < -0.4 is 5.32 Å². The second-order valence-corrected chi connectivity index (χ2v) is 6.72. The summed E-state index contributed by atoms with van der Waals surface area (Å²) >= 11 is 6.14. The van der Waals surface area contributed by atoms with Gasteiger partial charge >= 0.3 is 0 Å². The van der Waals surface area contributed by atoms with Crippen molar-refractivity contribution in [3.05, 3.63) is 64.0 Å². The summed E-state index contributed by atoms with van der Waals surface area (Å²) in [6.07, 6.45) is 0.629. The molecule has 0 aliphatic rings. The normalized spacial score (nSPS) is 10.8. The Balaban J connectivity index is 1.63. The molecule has 1 heterocycles. The highest BCUT2D eigenvalue weighted by Gasteiger charge is 2.14. The number of aromatic nitrogens is 2. The van der Waals surface area contributed by atoms with E-state index in [0.29, 0.717) is 28.7 Å². The zero-order chi connectivity index (χ0) is 18.7. The number of benzene rings is 2. The van der Waals surface area contributed by atoms with Crippen LogP contribution in [0.3, 0.4) is 0 Å². The third-order valence-electron chi connectivity index (χ3n) is 4.09. The minimum atomic E-state index is -0.0856. The number of anilines is 1. The molecule has 0 saturated heterocycles. The summed E-state index contributed by atoms with van der Waals surface area (Å²) in [6.45, 7) is 6.02. The van der Waals surface area contributed by atoms with Gasteiger partial charge in [-0.25, -0.2) is 0 Å². The zero-order valence-corrected chi connectivity index (χ0v) is 15.7. The summed E-state index contributed by atoms with van der Waals surface area (Å²) < 4.78 is 5.24. The molecule has 134 valence electrons. The SMILES string of the molecule is Cc1cc(C)c(NC(=O)CCc2nc(-c3ccccc3Cl)no2)c(C)c1. The second-order valence-electron chi connectivity index (χ2n) is 6.31. The number of nitrogens with one attached hydrogen (secondary N) is 1. The average molecular weight is 370 g/mol. The van der Waals surface area contributed by atoms with Crippen LogP contribution in [-0.4, -0.2) is 16.0 Å². The van der Waals surface area contributed by atoms with Gasteiger partial charge in [-0.2, -0.15) is 4.98 Å². The van der Waals surface area contributed by atoms with Crippen molar-refractivity contribution in [1.82, 2.24) is 10.1 Å². The van der Waals surface area contributed by atoms with Gasteiger partial charge in [0.25, 0.3) is 0 Å². The Morgan fingerprint density at radius 2 is 1.85 bits per heavy atom. The number of nitrogens with zero attached hydrogens (tertiary/aromatic N) is 2. The van der Waals surface area contributed by atoms with E-state index < -0.39 is 0 Å². The van der Waals surface area contributed by atoms with E-state index in [4.69, 9.17) is 16.1 Å². The van der Waals surface area contributed by atoms with Gasteiger partial charge in [0.2, 0.25) is 17.6 Å². The molecule has 6 heteroatoms. The highest BCUT2D eigenvalue weighted by molar-refractivity contribution is 6.33. The first-order chi connectivity index (χ1) is 12.4. The summed E-state index contributed by atoms with van der Waals surface area (Å²) in [6, 6.07) is 11.4. The fourth-order valence-corrected chi connectivity index (χ4v) is 3.13. The van der Waals surface area contributed by atoms with Crippen molar-refractivity contribution in [1.29, 1.82) is 0 Å². The lowest BCUT2D eigenvalue weighted by molar-refractivity contribution is -0.116. The van der Waals surface area contributed by atoms with E-state index >= 15 is 0 Å². The van der Waals surface area contributed by atoms with Gasteiger partial charge < -0.3 is 9.84 Å². The molecule has 0 unspecified atom stereocenters. The van der Waals surface area contributed by atoms with Crippen LogP contribution in [0.15, 0.2) is 40.9 Å². The lowest BCUT2D eigenvalue weighted by Gasteiger charge is -2.12. The first kappa shape index (κ1) is 18.1. The van der Waals surface area contributed by atoms with Crippen molar-refractivity contribution in [3.8, 4) is 11.4 Å². The molecule has 26 heavy (non-hydrogen) atoms. The number of carbonyl (C=O) groups excluding carboxylic acids is 1. The molecule has 0 saturated carbocycles. The molecule has 2 aromatic carbocycles. The lowest BCUT2D eigenvalue weighted by atomic mass is 10.0. The first-order valence-electron chi connectivity index (χ1n) is 8.39. The molecule has 0 radical (unpaired) electrons. The van der Waals surface area contributed by atoms with Crippen molar-refractivity contribution in [3.63, 3.8) is 0 Å². The minimum Gasteiger partial charge on any atom is -0.339 e. The Morgan fingerprint density at radius 1 is 1.15 bits per heavy atom. The summed E-state index contributed by atoms with van der Waals surface area (Å²) in [5, 5.41) is 7.48. The molecule has 5 nitrogen and oxygen atoms in total. The van der Waals surface area contributed by atoms with E-state index in [0.717, 1.165) is 16.8 Å². The second kappa shape index (κ2) is 7.70. The summed E-state index contributed by atoms with van der Waals surface area (Å²) in [7, 11) is 0. The van der Waals surface area contributed by atoms with Crippen LogP contribution >= 0.6 is 11.6 Å². The van der Waals surface area contributed by atoms with Crippen LogP contribution in [0.1, 0.15) is 29.0 Å². The maximum atomic E-state index is 12.3. The monoisotopic (exact) mass is 369 g/mol. The van der Waals surface area contributed by atoms with E-state index in [2.05, 4.69) is 27.6 Å². The molecule has 0 bridgehead atoms. The fraction of sp³-hybridized carbons (Fsp3) is 0.250. The van der Waals surface area contributed by atoms with E-state index in [1.54, 1.807) is 6.07 Å². The van der Waals surface area contributed by atoms with Crippen molar-refractivity contribution >= 4 is 23.2 Å². The number of aryl methyl sites for hydroxylation is 4. The Bertz CT molecular complexity index is 927. The van der Waals surface area contributed by atoms with Crippen LogP contribution in [0.4, 0.5) is 5.69 Å². The third kappa shape index (κ3) is 4.11. The number of hydrogen-bond donors (Lipinski definition) is 1. The molecule has 0 aliphatic heterocycles. The van der Waals surface area contributed by atoms with Gasteiger partial charge in [-0.15, -0.1) is 0 Å². The Morgan fingerprint density at radius 3 is 2.54 bits per heavy atom. The van der Waals surface area contributed by atoms with Crippen molar-refractivity contribution in [2.45, 2.75) is 33.6 Å². The maximum Gasteiger partial charge on any atom is 0.227 e. The van der Waals surface area contributed by atoms with Gasteiger partial charge in [0.15, 0.2) is 0 Å². The van der Waals surface area contributed by atoms with E-state index in [9.17, 15) is 4.79 Å². The molecule has 0 fully saturated rings. The predicted octanol–water partition coefficient (Wildman–Crippen LogP) is 4.89. The Hall–Kier alpha value is -2.66. The predicted molar refractivity (Wildman–Crippen MR) is 102 cm³/mol. The quantitative estimate of drug-likeness (QED) is 0.695. The molecular weight excluding hydrogens is 350 g/mol. The minimum absolute atomic E-state index is 0.0856. The number of amides is 1. The summed E-state index contributed by atoms with van der Waals surface area (Å²) in [5.74, 6) is 0.751. The molecule has 1 amide bonds. The third-order valence-corrected chi connectivity index (χ3v) is 4.42. The Kier molecular flexibility index (Phi) is 5.38. The van der Waals surface area contributed by atoms with Gasteiger partial charge in [0.05, 0.1) is 5.02 Å². The highest BCUT2D eigenvalue weighted by Crippen LogP contribution is 2.25. The number of carbonyl (C=O) groups is 1. The number of halogens is 1. The largest absolute Gasteiger partial charge is 0.339 e. The Labute approximate surface area is 157 Å². The molecule has 1 N–H and O–H groups in total. The molecule has 0 atom stereocenters.